The maximum atomic E-state index is 10.9. The predicted molar refractivity (Wildman–Crippen MR) is 52.2 cm³/mol. The molecule has 1 N–H and O–H groups in total. The average Bonchev–Trinajstić information content (AvgIpc) is 2.30. The van der Waals surface area contributed by atoms with Gasteiger partial charge in [0.15, 0.2) is 0 Å². The van der Waals surface area contributed by atoms with Crippen LogP contribution < -0.4 is 0 Å². The maximum Gasteiger partial charge on any atom is 0.337 e. The van der Waals surface area contributed by atoms with E-state index in [0.717, 1.165) is 0 Å². The lowest BCUT2D eigenvalue weighted by Crippen LogP contribution is -2.02. The first-order chi connectivity index (χ1) is 7.29. The number of hydrogen-bond acceptors (Lipinski definition) is 4. The Balaban J connectivity index is 2.58. The SMILES string of the molecule is O=C(O)c1cccnc1-c1cnccn1. The second-order valence-electron chi connectivity index (χ2n) is 2.80. The lowest BCUT2D eigenvalue weighted by molar-refractivity contribution is 0.0697. The summed E-state index contributed by atoms with van der Waals surface area (Å²) in [5.41, 5.74) is 0.909. The van der Waals surface area contributed by atoms with Gasteiger partial charge in [-0.15, -0.1) is 0 Å². The minimum atomic E-state index is -1.02. The van der Waals surface area contributed by atoms with Crippen molar-refractivity contribution in [1.82, 2.24) is 15.0 Å². The molecule has 2 aromatic rings. The van der Waals surface area contributed by atoms with Gasteiger partial charge in [-0.3, -0.25) is 15.0 Å². The molecule has 0 spiro atoms. The van der Waals surface area contributed by atoms with Gasteiger partial charge < -0.3 is 5.11 Å². The van der Waals surface area contributed by atoms with E-state index in [1.807, 2.05) is 0 Å². The lowest BCUT2D eigenvalue weighted by Gasteiger charge is -2.02. The Hall–Kier alpha value is -2.30. The first-order valence-corrected chi connectivity index (χ1v) is 4.24. The third-order valence-electron chi connectivity index (χ3n) is 1.84. The van der Waals surface area contributed by atoms with Crippen molar-refractivity contribution in [3.63, 3.8) is 0 Å². The predicted octanol–water partition coefficient (Wildman–Crippen LogP) is 1.24. The van der Waals surface area contributed by atoms with Gasteiger partial charge in [0.2, 0.25) is 0 Å². The van der Waals surface area contributed by atoms with E-state index in [9.17, 15) is 4.79 Å². The Morgan fingerprint density at radius 2 is 2.07 bits per heavy atom. The van der Waals surface area contributed by atoms with Gasteiger partial charge >= 0.3 is 5.97 Å². The van der Waals surface area contributed by atoms with Gasteiger partial charge in [-0.05, 0) is 12.1 Å². The van der Waals surface area contributed by atoms with Gasteiger partial charge in [0.05, 0.1) is 11.8 Å². The summed E-state index contributed by atoms with van der Waals surface area (Å²) in [5, 5.41) is 8.94. The summed E-state index contributed by atoms with van der Waals surface area (Å²) < 4.78 is 0. The van der Waals surface area contributed by atoms with E-state index < -0.39 is 5.97 Å². The molecule has 74 valence electrons. The molecule has 0 aliphatic heterocycles. The van der Waals surface area contributed by atoms with Crippen molar-refractivity contribution in [3.8, 4) is 11.4 Å². The van der Waals surface area contributed by atoms with E-state index in [4.69, 9.17) is 5.11 Å². The van der Waals surface area contributed by atoms with Crippen LogP contribution >= 0.6 is 0 Å². The Labute approximate surface area is 85.5 Å². The first-order valence-electron chi connectivity index (χ1n) is 4.24. The molecule has 15 heavy (non-hydrogen) atoms. The highest BCUT2D eigenvalue weighted by atomic mass is 16.4. The number of nitrogens with zero attached hydrogens (tertiary/aromatic N) is 3. The Kier molecular flexibility index (Phi) is 2.37. The summed E-state index contributed by atoms with van der Waals surface area (Å²) in [5.74, 6) is -1.02. The van der Waals surface area contributed by atoms with Crippen LogP contribution in [0.1, 0.15) is 10.4 Å². The molecule has 5 heteroatoms. The Morgan fingerprint density at radius 1 is 1.20 bits per heavy atom. The quantitative estimate of drug-likeness (QED) is 0.790. The van der Waals surface area contributed by atoms with Crippen LogP contribution in [0.15, 0.2) is 36.9 Å². The minimum absolute atomic E-state index is 0.123. The monoisotopic (exact) mass is 201 g/mol. The van der Waals surface area contributed by atoms with Gasteiger partial charge in [-0.1, -0.05) is 0 Å². The molecule has 0 aliphatic carbocycles. The fourth-order valence-corrected chi connectivity index (χ4v) is 1.20. The largest absolute Gasteiger partial charge is 0.478 e. The summed E-state index contributed by atoms with van der Waals surface area (Å²) in [6.45, 7) is 0. The lowest BCUT2D eigenvalue weighted by atomic mass is 10.1. The summed E-state index contributed by atoms with van der Waals surface area (Å²) >= 11 is 0. The molecule has 0 saturated heterocycles. The Bertz CT molecular complexity index is 485. The third kappa shape index (κ3) is 1.80. The molecule has 0 atom stereocenters. The number of carboxylic acids is 1. The zero-order valence-corrected chi connectivity index (χ0v) is 7.66. The number of aromatic nitrogens is 3. The third-order valence-corrected chi connectivity index (χ3v) is 1.84. The molecule has 0 fully saturated rings. The van der Waals surface area contributed by atoms with E-state index in [2.05, 4.69) is 15.0 Å². The van der Waals surface area contributed by atoms with Crippen LogP contribution in [0.5, 0.6) is 0 Å². The number of carbonyl (C=O) groups is 1. The number of aromatic carboxylic acids is 1. The highest BCUT2D eigenvalue weighted by Gasteiger charge is 2.12. The average molecular weight is 201 g/mol. The molecular weight excluding hydrogens is 194 g/mol. The van der Waals surface area contributed by atoms with E-state index >= 15 is 0 Å². The van der Waals surface area contributed by atoms with Gasteiger partial charge in [-0.2, -0.15) is 0 Å². The molecule has 0 amide bonds. The van der Waals surface area contributed by atoms with Crippen LogP contribution in [0.2, 0.25) is 0 Å². The molecule has 0 saturated carbocycles. The van der Waals surface area contributed by atoms with Gasteiger partial charge in [-0.25, -0.2) is 4.79 Å². The van der Waals surface area contributed by atoms with Crippen LogP contribution in [0.25, 0.3) is 11.4 Å². The van der Waals surface area contributed by atoms with Crippen LogP contribution in [0, 0.1) is 0 Å². The van der Waals surface area contributed by atoms with Crippen molar-refractivity contribution in [2.75, 3.05) is 0 Å². The summed E-state index contributed by atoms with van der Waals surface area (Å²) in [6.07, 6.45) is 6.02. The van der Waals surface area contributed by atoms with Crippen molar-refractivity contribution in [3.05, 3.63) is 42.5 Å². The van der Waals surface area contributed by atoms with E-state index in [1.54, 1.807) is 6.07 Å². The zero-order chi connectivity index (χ0) is 10.7. The van der Waals surface area contributed by atoms with E-state index in [-0.39, 0.29) is 5.56 Å². The molecule has 0 unspecified atom stereocenters. The molecule has 2 heterocycles. The fourth-order valence-electron chi connectivity index (χ4n) is 1.20. The molecule has 0 aromatic carbocycles. The number of pyridine rings is 1. The van der Waals surface area contributed by atoms with Crippen LogP contribution in [-0.4, -0.2) is 26.0 Å². The van der Waals surface area contributed by atoms with Crippen molar-refractivity contribution in [1.29, 1.82) is 0 Å². The van der Waals surface area contributed by atoms with Crippen molar-refractivity contribution >= 4 is 5.97 Å². The maximum absolute atomic E-state index is 10.9. The highest BCUT2D eigenvalue weighted by Crippen LogP contribution is 2.17. The van der Waals surface area contributed by atoms with Crippen molar-refractivity contribution in [2.24, 2.45) is 0 Å². The summed E-state index contributed by atoms with van der Waals surface area (Å²) in [7, 11) is 0. The minimum Gasteiger partial charge on any atom is -0.478 e. The van der Waals surface area contributed by atoms with Gasteiger partial charge in [0.25, 0.3) is 0 Å². The standard InChI is InChI=1S/C10H7N3O2/c14-10(15)7-2-1-3-13-9(7)8-6-11-4-5-12-8/h1-6H,(H,14,15). The second-order valence-corrected chi connectivity index (χ2v) is 2.80. The topological polar surface area (TPSA) is 76.0 Å². The zero-order valence-electron chi connectivity index (χ0n) is 7.66. The number of hydrogen-bond donors (Lipinski definition) is 1. The number of carboxylic acid groups (broad SMARTS) is 1. The Morgan fingerprint density at radius 3 is 2.73 bits per heavy atom. The summed E-state index contributed by atoms with van der Waals surface area (Å²) in [4.78, 5) is 22.8. The highest BCUT2D eigenvalue weighted by molar-refractivity contribution is 5.93. The molecule has 0 radical (unpaired) electrons. The summed E-state index contributed by atoms with van der Waals surface area (Å²) in [6, 6.07) is 3.06. The molecule has 2 rings (SSSR count). The second kappa shape index (κ2) is 3.83. The van der Waals surface area contributed by atoms with Crippen LogP contribution in [-0.2, 0) is 0 Å². The molecule has 5 nitrogen and oxygen atoms in total. The molecule has 0 bridgehead atoms. The van der Waals surface area contributed by atoms with E-state index in [1.165, 1.54) is 30.9 Å². The van der Waals surface area contributed by atoms with Crippen LogP contribution in [0.4, 0.5) is 0 Å². The van der Waals surface area contributed by atoms with E-state index in [0.29, 0.717) is 11.4 Å². The molecule has 0 aliphatic rings. The van der Waals surface area contributed by atoms with Gasteiger partial charge in [0.1, 0.15) is 11.4 Å². The molecular formula is C10H7N3O2. The number of rotatable bonds is 2. The fraction of sp³-hybridized carbons (Fsp3) is 0. The smallest absolute Gasteiger partial charge is 0.337 e. The first kappa shape index (κ1) is 9.26. The van der Waals surface area contributed by atoms with Gasteiger partial charge in [0, 0.05) is 18.6 Å². The normalized spacial score (nSPS) is 9.87. The van der Waals surface area contributed by atoms with Crippen molar-refractivity contribution in [2.45, 2.75) is 0 Å². The van der Waals surface area contributed by atoms with Crippen molar-refractivity contribution < 1.29 is 9.90 Å². The molecule has 2 aromatic heterocycles. The van der Waals surface area contributed by atoms with Crippen LogP contribution in [0.3, 0.4) is 0 Å².